The molecule has 3 rings (SSSR count). The van der Waals surface area contributed by atoms with Gasteiger partial charge in [-0.25, -0.2) is 8.78 Å². The summed E-state index contributed by atoms with van der Waals surface area (Å²) in [5.41, 5.74) is 0.516. The standard InChI is InChI=1S/C23H20F2N2O4/c1-14(17-8-4-6-15-5-2-3-7-18(15)17)27-21(28)13-31-22(29)12-26-23(30)19-10-9-16(24)11-20(19)25/h2-11,14H,12-13H2,1H3,(H,26,30)(H,27,28). The number of hydrogen-bond acceptors (Lipinski definition) is 4. The van der Waals surface area contributed by atoms with E-state index in [9.17, 15) is 23.2 Å². The van der Waals surface area contributed by atoms with Crippen LogP contribution in [0, 0.1) is 11.6 Å². The molecule has 0 aliphatic rings. The van der Waals surface area contributed by atoms with E-state index < -0.39 is 48.1 Å². The lowest BCUT2D eigenvalue weighted by molar-refractivity contribution is -0.147. The molecular weight excluding hydrogens is 406 g/mol. The van der Waals surface area contributed by atoms with Gasteiger partial charge >= 0.3 is 5.97 Å². The van der Waals surface area contributed by atoms with Gasteiger partial charge in [-0.15, -0.1) is 0 Å². The molecule has 0 bridgehead atoms. The van der Waals surface area contributed by atoms with Gasteiger partial charge in [0.25, 0.3) is 11.8 Å². The number of rotatable bonds is 7. The maximum atomic E-state index is 13.6. The van der Waals surface area contributed by atoms with Crippen LogP contribution in [0.2, 0.25) is 0 Å². The molecule has 0 aromatic heterocycles. The van der Waals surface area contributed by atoms with Crippen molar-refractivity contribution >= 4 is 28.6 Å². The van der Waals surface area contributed by atoms with Gasteiger partial charge in [-0.2, -0.15) is 0 Å². The normalized spacial score (nSPS) is 11.6. The summed E-state index contributed by atoms with van der Waals surface area (Å²) in [6.07, 6.45) is 0. The number of benzene rings is 3. The first-order valence-electron chi connectivity index (χ1n) is 9.51. The molecule has 3 aromatic carbocycles. The Morgan fingerprint density at radius 2 is 1.74 bits per heavy atom. The molecule has 6 nitrogen and oxygen atoms in total. The fourth-order valence-corrected chi connectivity index (χ4v) is 3.11. The summed E-state index contributed by atoms with van der Waals surface area (Å²) in [5.74, 6) is -4.15. The summed E-state index contributed by atoms with van der Waals surface area (Å²) >= 11 is 0. The lowest BCUT2D eigenvalue weighted by Crippen LogP contribution is -2.35. The number of esters is 1. The number of carbonyl (C=O) groups is 3. The Morgan fingerprint density at radius 1 is 1.00 bits per heavy atom. The Hall–Kier alpha value is -3.81. The maximum Gasteiger partial charge on any atom is 0.325 e. The van der Waals surface area contributed by atoms with Crippen LogP contribution in [0.1, 0.15) is 28.9 Å². The van der Waals surface area contributed by atoms with Crippen molar-refractivity contribution in [3.05, 3.63) is 83.4 Å². The molecule has 31 heavy (non-hydrogen) atoms. The van der Waals surface area contributed by atoms with E-state index in [1.54, 1.807) is 0 Å². The summed E-state index contributed by atoms with van der Waals surface area (Å²) in [5, 5.41) is 6.97. The van der Waals surface area contributed by atoms with Crippen molar-refractivity contribution < 1.29 is 27.9 Å². The molecule has 0 radical (unpaired) electrons. The molecule has 2 N–H and O–H groups in total. The fourth-order valence-electron chi connectivity index (χ4n) is 3.11. The number of ether oxygens (including phenoxy) is 1. The van der Waals surface area contributed by atoms with Gasteiger partial charge in [0, 0.05) is 6.07 Å². The maximum absolute atomic E-state index is 13.6. The van der Waals surface area contributed by atoms with E-state index in [2.05, 4.69) is 10.6 Å². The van der Waals surface area contributed by atoms with E-state index in [0.29, 0.717) is 6.07 Å². The molecule has 1 atom stereocenters. The highest BCUT2D eigenvalue weighted by Gasteiger charge is 2.16. The topological polar surface area (TPSA) is 84.5 Å². The van der Waals surface area contributed by atoms with Crippen LogP contribution in [0.4, 0.5) is 8.78 Å². The molecule has 160 valence electrons. The van der Waals surface area contributed by atoms with Gasteiger partial charge in [0.2, 0.25) is 0 Å². The summed E-state index contributed by atoms with van der Waals surface area (Å²) in [6.45, 7) is 0.718. The van der Waals surface area contributed by atoms with Crippen LogP contribution < -0.4 is 10.6 Å². The van der Waals surface area contributed by atoms with Crippen molar-refractivity contribution in [2.75, 3.05) is 13.2 Å². The van der Waals surface area contributed by atoms with Crippen LogP contribution in [0.15, 0.2) is 60.7 Å². The first-order valence-corrected chi connectivity index (χ1v) is 9.51. The second kappa shape index (κ2) is 9.80. The highest BCUT2D eigenvalue weighted by Crippen LogP contribution is 2.23. The second-order valence-corrected chi connectivity index (χ2v) is 6.83. The van der Waals surface area contributed by atoms with E-state index in [-0.39, 0.29) is 6.04 Å². The van der Waals surface area contributed by atoms with Gasteiger partial charge in [-0.1, -0.05) is 42.5 Å². The Kier molecular flexibility index (Phi) is 6.92. The lowest BCUT2D eigenvalue weighted by Gasteiger charge is -2.16. The average Bonchev–Trinajstić information content (AvgIpc) is 2.75. The molecule has 0 saturated carbocycles. The third-order valence-electron chi connectivity index (χ3n) is 4.60. The van der Waals surface area contributed by atoms with Crippen LogP contribution in [0.3, 0.4) is 0 Å². The molecular formula is C23H20F2N2O4. The summed E-state index contributed by atoms with van der Waals surface area (Å²) < 4.78 is 31.3. The molecule has 1 unspecified atom stereocenters. The minimum absolute atomic E-state index is 0.321. The van der Waals surface area contributed by atoms with Gasteiger partial charge in [-0.05, 0) is 35.4 Å². The van der Waals surface area contributed by atoms with Gasteiger partial charge < -0.3 is 15.4 Å². The van der Waals surface area contributed by atoms with Crippen LogP contribution in [0.25, 0.3) is 10.8 Å². The highest BCUT2D eigenvalue weighted by atomic mass is 19.1. The van der Waals surface area contributed by atoms with Crippen LogP contribution in [0.5, 0.6) is 0 Å². The van der Waals surface area contributed by atoms with Crippen LogP contribution >= 0.6 is 0 Å². The largest absolute Gasteiger partial charge is 0.454 e. The molecule has 0 aliphatic heterocycles. The molecule has 0 saturated heterocycles. The predicted molar refractivity (Wildman–Crippen MR) is 110 cm³/mol. The Bertz CT molecular complexity index is 1130. The minimum Gasteiger partial charge on any atom is -0.454 e. The molecule has 0 spiro atoms. The third kappa shape index (κ3) is 5.63. The molecule has 3 aromatic rings. The molecule has 0 heterocycles. The van der Waals surface area contributed by atoms with Crippen LogP contribution in [-0.2, 0) is 14.3 Å². The molecule has 8 heteroatoms. The molecule has 0 aliphatic carbocycles. The number of fused-ring (bicyclic) bond motifs is 1. The van der Waals surface area contributed by atoms with Crippen molar-refractivity contribution in [3.63, 3.8) is 0 Å². The van der Waals surface area contributed by atoms with E-state index in [1.165, 1.54) is 0 Å². The quantitative estimate of drug-likeness (QED) is 0.568. The number of hydrogen-bond donors (Lipinski definition) is 2. The number of halogens is 2. The van der Waals surface area contributed by atoms with Crippen molar-refractivity contribution in [2.45, 2.75) is 13.0 Å². The van der Waals surface area contributed by atoms with E-state index in [0.717, 1.165) is 28.5 Å². The predicted octanol–water partition coefficient (Wildman–Crippen LogP) is 3.27. The second-order valence-electron chi connectivity index (χ2n) is 6.83. The van der Waals surface area contributed by atoms with Gasteiger partial charge in [0.1, 0.15) is 18.2 Å². The van der Waals surface area contributed by atoms with E-state index in [1.807, 2.05) is 49.4 Å². The van der Waals surface area contributed by atoms with Crippen molar-refractivity contribution in [3.8, 4) is 0 Å². The smallest absolute Gasteiger partial charge is 0.325 e. The van der Waals surface area contributed by atoms with E-state index in [4.69, 9.17) is 4.74 Å². The number of carbonyl (C=O) groups excluding carboxylic acids is 3. The molecule has 0 fully saturated rings. The minimum atomic E-state index is -1.05. The van der Waals surface area contributed by atoms with Crippen LogP contribution in [-0.4, -0.2) is 30.9 Å². The SMILES string of the molecule is CC(NC(=O)COC(=O)CNC(=O)c1ccc(F)cc1F)c1cccc2ccccc12. The number of amides is 2. The van der Waals surface area contributed by atoms with Crippen molar-refractivity contribution in [2.24, 2.45) is 0 Å². The van der Waals surface area contributed by atoms with Gasteiger partial charge in [-0.3, -0.25) is 14.4 Å². The summed E-state index contributed by atoms with van der Waals surface area (Å²) in [4.78, 5) is 35.8. The Balaban J connectivity index is 1.47. The van der Waals surface area contributed by atoms with Gasteiger partial charge in [0.05, 0.1) is 11.6 Å². The molecule has 2 amide bonds. The fraction of sp³-hybridized carbons (Fsp3) is 0.174. The zero-order valence-corrected chi connectivity index (χ0v) is 16.7. The Morgan fingerprint density at radius 3 is 2.52 bits per heavy atom. The first kappa shape index (κ1) is 21.9. The lowest BCUT2D eigenvalue weighted by atomic mass is 10.00. The summed E-state index contributed by atoms with van der Waals surface area (Å²) in [7, 11) is 0. The monoisotopic (exact) mass is 426 g/mol. The number of nitrogens with one attached hydrogen (secondary N) is 2. The third-order valence-corrected chi connectivity index (χ3v) is 4.60. The highest BCUT2D eigenvalue weighted by molar-refractivity contribution is 5.96. The summed E-state index contributed by atoms with van der Waals surface area (Å²) in [6, 6.07) is 15.7. The van der Waals surface area contributed by atoms with Crippen molar-refractivity contribution in [1.82, 2.24) is 10.6 Å². The van der Waals surface area contributed by atoms with Gasteiger partial charge in [0.15, 0.2) is 6.61 Å². The first-order chi connectivity index (χ1) is 14.8. The van der Waals surface area contributed by atoms with E-state index >= 15 is 0 Å². The Labute approximate surface area is 177 Å². The zero-order chi connectivity index (χ0) is 22.4. The average molecular weight is 426 g/mol. The van der Waals surface area contributed by atoms with Crippen molar-refractivity contribution in [1.29, 1.82) is 0 Å². The zero-order valence-electron chi connectivity index (χ0n) is 16.7.